The molecule has 1 amide bonds. The van der Waals surface area contributed by atoms with Gasteiger partial charge in [-0.3, -0.25) is 4.79 Å². The maximum Gasteiger partial charge on any atom is 0.252 e. The second-order valence-electron chi connectivity index (χ2n) is 6.12. The zero-order chi connectivity index (χ0) is 18.0. The molecule has 0 saturated carbocycles. The van der Waals surface area contributed by atoms with Gasteiger partial charge in [0.1, 0.15) is 4.21 Å². The average Bonchev–Trinajstić information content (AvgIpc) is 3.04. The molecule has 0 spiro atoms. The average molecular weight is 443 g/mol. The Morgan fingerprint density at radius 3 is 2.60 bits per heavy atom. The van der Waals surface area contributed by atoms with E-state index < -0.39 is 10.0 Å². The predicted octanol–water partition coefficient (Wildman–Crippen LogP) is 3.86. The smallest absolute Gasteiger partial charge is 0.252 e. The van der Waals surface area contributed by atoms with Crippen molar-refractivity contribution in [2.24, 2.45) is 5.92 Å². The fourth-order valence-corrected chi connectivity index (χ4v) is 6.51. The van der Waals surface area contributed by atoms with E-state index >= 15 is 0 Å². The van der Waals surface area contributed by atoms with Crippen molar-refractivity contribution in [2.75, 3.05) is 18.4 Å². The molecule has 3 rings (SSSR count). The van der Waals surface area contributed by atoms with E-state index in [2.05, 4.69) is 21.2 Å². The number of nitrogens with zero attached hydrogens (tertiary/aromatic N) is 1. The Balaban J connectivity index is 1.70. The maximum atomic E-state index is 12.7. The van der Waals surface area contributed by atoms with Crippen LogP contribution in [-0.4, -0.2) is 31.7 Å². The first-order valence-corrected chi connectivity index (χ1v) is 11.0. The van der Waals surface area contributed by atoms with Crippen LogP contribution in [0.5, 0.6) is 0 Å². The highest BCUT2D eigenvalue weighted by atomic mass is 79.9. The van der Waals surface area contributed by atoms with Gasteiger partial charge < -0.3 is 5.32 Å². The standard InChI is InChI=1S/C17H19BrN2O3S2/c1-12-4-6-14(7-5-12)19-17(21)13-3-2-10-20(11-13)25(22,23)16-9-8-15(18)24-16/h4-9,13H,2-3,10-11H2,1H3,(H,19,21)/t13-/m0/s1. The molecule has 1 fully saturated rings. The zero-order valence-corrected chi connectivity index (χ0v) is 17.0. The van der Waals surface area contributed by atoms with E-state index in [1.54, 1.807) is 12.1 Å². The number of carbonyl (C=O) groups excluding carboxylic acids is 1. The number of hydrogen-bond acceptors (Lipinski definition) is 4. The molecule has 5 nitrogen and oxygen atoms in total. The Morgan fingerprint density at radius 2 is 1.96 bits per heavy atom. The quantitative estimate of drug-likeness (QED) is 0.781. The van der Waals surface area contributed by atoms with Gasteiger partial charge in [0.05, 0.1) is 9.70 Å². The van der Waals surface area contributed by atoms with Gasteiger partial charge in [-0.25, -0.2) is 8.42 Å². The molecular formula is C17H19BrN2O3S2. The number of aryl methyl sites for hydroxylation is 1. The number of benzene rings is 1. The second-order valence-corrected chi connectivity index (χ2v) is 10.7. The number of anilines is 1. The molecule has 1 aliphatic rings. The van der Waals surface area contributed by atoms with Crippen molar-refractivity contribution in [3.8, 4) is 0 Å². The summed E-state index contributed by atoms with van der Waals surface area (Å²) in [6.07, 6.45) is 1.37. The van der Waals surface area contributed by atoms with Gasteiger partial charge in [-0.2, -0.15) is 4.31 Å². The number of nitrogens with one attached hydrogen (secondary N) is 1. The van der Waals surface area contributed by atoms with E-state index in [0.717, 1.165) is 15.0 Å². The minimum atomic E-state index is -3.54. The summed E-state index contributed by atoms with van der Waals surface area (Å²) < 4.78 is 28.0. The van der Waals surface area contributed by atoms with Crippen molar-refractivity contribution >= 4 is 48.9 Å². The molecular weight excluding hydrogens is 424 g/mol. The summed E-state index contributed by atoms with van der Waals surface area (Å²) in [6, 6.07) is 10.9. The van der Waals surface area contributed by atoms with Gasteiger partial charge in [-0.1, -0.05) is 17.7 Å². The number of rotatable bonds is 4. The summed E-state index contributed by atoms with van der Waals surface area (Å²) in [4.78, 5) is 12.5. The summed E-state index contributed by atoms with van der Waals surface area (Å²) >= 11 is 4.49. The Hall–Kier alpha value is -1.22. The van der Waals surface area contributed by atoms with Crippen LogP contribution >= 0.6 is 27.3 Å². The lowest BCUT2D eigenvalue weighted by Crippen LogP contribution is -2.43. The van der Waals surface area contributed by atoms with E-state index in [0.29, 0.717) is 23.6 Å². The molecule has 1 N–H and O–H groups in total. The Kier molecular flexibility index (Phi) is 5.62. The van der Waals surface area contributed by atoms with E-state index in [9.17, 15) is 13.2 Å². The number of piperidine rings is 1. The second kappa shape index (κ2) is 7.57. The lowest BCUT2D eigenvalue weighted by molar-refractivity contribution is -0.120. The molecule has 0 aliphatic carbocycles. The Morgan fingerprint density at radius 1 is 1.24 bits per heavy atom. The fraction of sp³-hybridized carbons (Fsp3) is 0.353. The minimum Gasteiger partial charge on any atom is -0.326 e. The number of thiophene rings is 1. The van der Waals surface area contributed by atoms with Crippen molar-refractivity contribution in [3.63, 3.8) is 0 Å². The maximum absolute atomic E-state index is 12.7. The molecule has 0 radical (unpaired) electrons. The van der Waals surface area contributed by atoms with Gasteiger partial charge in [-0.15, -0.1) is 11.3 Å². The topological polar surface area (TPSA) is 66.5 Å². The third-order valence-electron chi connectivity index (χ3n) is 4.22. The number of hydrogen-bond donors (Lipinski definition) is 1. The molecule has 25 heavy (non-hydrogen) atoms. The van der Waals surface area contributed by atoms with Crippen LogP contribution < -0.4 is 5.32 Å². The van der Waals surface area contributed by atoms with E-state index in [4.69, 9.17) is 0 Å². The third kappa shape index (κ3) is 4.31. The number of sulfonamides is 1. The monoisotopic (exact) mass is 442 g/mol. The van der Waals surface area contributed by atoms with Crippen LogP contribution in [-0.2, 0) is 14.8 Å². The van der Waals surface area contributed by atoms with E-state index in [1.165, 1.54) is 15.6 Å². The van der Waals surface area contributed by atoms with Gasteiger partial charge in [0.15, 0.2) is 0 Å². The summed E-state index contributed by atoms with van der Waals surface area (Å²) in [5.74, 6) is -0.468. The molecule has 2 aromatic rings. The van der Waals surface area contributed by atoms with Gasteiger partial charge in [0, 0.05) is 18.8 Å². The van der Waals surface area contributed by atoms with E-state index in [-0.39, 0.29) is 18.4 Å². The summed E-state index contributed by atoms with van der Waals surface area (Å²) in [5, 5.41) is 2.89. The van der Waals surface area contributed by atoms with Gasteiger partial charge in [0.25, 0.3) is 10.0 Å². The van der Waals surface area contributed by atoms with Gasteiger partial charge in [0.2, 0.25) is 5.91 Å². The highest BCUT2D eigenvalue weighted by Gasteiger charge is 2.34. The van der Waals surface area contributed by atoms with E-state index in [1.807, 2.05) is 31.2 Å². The van der Waals surface area contributed by atoms with Crippen molar-refractivity contribution in [2.45, 2.75) is 24.0 Å². The Labute approximate surface area is 160 Å². The first-order chi connectivity index (χ1) is 11.9. The zero-order valence-electron chi connectivity index (χ0n) is 13.7. The lowest BCUT2D eigenvalue weighted by Gasteiger charge is -2.30. The number of amides is 1. The van der Waals surface area contributed by atoms with Crippen LogP contribution in [0.3, 0.4) is 0 Å². The van der Waals surface area contributed by atoms with Gasteiger partial charge >= 0.3 is 0 Å². The summed E-state index contributed by atoms with van der Waals surface area (Å²) in [7, 11) is -3.54. The molecule has 1 aromatic heterocycles. The molecule has 134 valence electrons. The highest BCUT2D eigenvalue weighted by molar-refractivity contribution is 9.11. The lowest BCUT2D eigenvalue weighted by atomic mass is 9.98. The van der Waals surface area contributed by atoms with Gasteiger partial charge in [-0.05, 0) is 60.0 Å². The molecule has 0 unspecified atom stereocenters. The molecule has 2 heterocycles. The highest BCUT2D eigenvalue weighted by Crippen LogP contribution is 2.31. The molecule has 1 aromatic carbocycles. The van der Waals surface area contributed by atoms with Crippen molar-refractivity contribution < 1.29 is 13.2 Å². The molecule has 1 atom stereocenters. The third-order valence-corrected chi connectivity index (χ3v) is 8.17. The first kappa shape index (κ1) is 18.6. The fourth-order valence-electron chi connectivity index (χ4n) is 2.82. The van der Waals surface area contributed by atoms with Crippen LogP contribution in [0.4, 0.5) is 5.69 Å². The van der Waals surface area contributed by atoms with Crippen LogP contribution in [0, 0.1) is 12.8 Å². The number of carbonyl (C=O) groups is 1. The largest absolute Gasteiger partial charge is 0.326 e. The SMILES string of the molecule is Cc1ccc(NC(=O)[C@H]2CCCN(S(=O)(=O)c3ccc(Br)s3)C2)cc1. The van der Waals surface area contributed by atoms with Crippen molar-refractivity contribution in [1.29, 1.82) is 0 Å². The molecule has 0 bridgehead atoms. The number of halogens is 1. The normalized spacial score (nSPS) is 18.9. The first-order valence-electron chi connectivity index (χ1n) is 7.99. The van der Waals surface area contributed by atoms with Crippen molar-refractivity contribution in [3.05, 3.63) is 45.7 Å². The summed E-state index contributed by atoms with van der Waals surface area (Å²) in [5.41, 5.74) is 1.85. The Bertz CT molecular complexity index is 862. The molecule has 1 saturated heterocycles. The minimum absolute atomic E-state index is 0.129. The summed E-state index contributed by atoms with van der Waals surface area (Å²) in [6.45, 7) is 2.65. The van der Waals surface area contributed by atoms with Crippen LogP contribution in [0.1, 0.15) is 18.4 Å². The van der Waals surface area contributed by atoms with Crippen molar-refractivity contribution in [1.82, 2.24) is 4.31 Å². The van der Waals surface area contributed by atoms with Crippen LogP contribution in [0.2, 0.25) is 0 Å². The molecule has 8 heteroatoms. The van der Waals surface area contributed by atoms with Crippen LogP contribution in [0.15, 0.2) is 44.4 Å². The predicted molar refractivity (Wildman–Crippen MR) is 103 cm³/mol. The molecule has 1 aliphatic heterocycles. The van der Waals surface area contributed by atoms with Crippen LogP contribution in [0.25, 0.3) is 0 Å².